The lowest BCUT2D eigenvalue weighted by Crippen LogP contribution is -2.46. The van der Waals surface area contributed by atoms with Gasteiger partial charge in [0.25, 0.3) is 5.91 Å². The Balaban J connectivity index is 1.47. The fraction of sp³-hybridized carbons (Fsp3) is 0.370. The van der Waals surface area contributed by atoms with E-state index >= 15 is 0 Å². The number of hydrogen-bond acceptors (Lipinski definition) is 8. The molecule has 0 aliphatic carbocycles. The first-order valence-corrected chi connectivity index (χ1v) is 12.4. The van der Waals surface area contributed by atoms with E-state index in [1.54, 1.807) is 18.2 Å². The van der Waals surface area contributed by atoms with Gasteiger partial charge in [0, 0.05) is 43.5 Å². The molecule has 1 N–H and O–H groups in total. The average molecular weight is 492 g/mol. The molecule has 2 aromatic carbocycles. The van der Waals surface area contributed by atoms with Crippen LogP contribution in [-0.2, 0) is 0 Å². The van der Waals surface area contributed by atoms with Crippen LogP contribution in [0.15, 0.2) is 54.9 Å². The lowest BCUT2D eigenvalue weighted by Gasteiger charge is -2.36. The Morgan fingerprint density at radius 2 is 1.44 bits per heavy atom. The Labute approximate surface area is 212 Å². The summed E-state index contributed by atoms with van der Waals surface area (Å²) in [5, 5.41) is 2.88. The van der Waals surface area contributed by atoms with Crippen LogP contribution in [0.3, 0.4) is 0 Å². The van der Waals surface area contributed by atoms with Crippen LogP contribution in [0.2, 0.25) is 0 Å². The molecule has 1 aromatic heterocycles. The first-order valence-electron chi connectivity index (χ1n) is 12.4. The second-order valence-electron chi connectivity index (χ2n) is 8.13. The number of carbonyl (C=O) groups is 1. The lowest BCUT2D eigenvalue weighted by atomic mass is 10.1. The van der Waals surface area contributed by atoms with E-state index in [4.69, 9.17) is 14.2 Å². The van der Waals surface area contributed by atoms with E-state index in [0.717, 1.165) is 32.0 Å². The quantitative estimate of drug-likeness (QED) is 0.450. The standard InChI is InChI=1S/C27H33N5O4/c1-4-34-22-16-20(17-23(35-5-2)26(22)36-6-3)27(33)30-24-18-25(29-19-28-24)32-14-12-31(13-15-32)21-10-8-7-9-11-21/h7-11,16-19H,4-6,12-15H2,1-3H3,(H,28,29,30,33). The van der Waals surface area contributed by atoms with Crippen LogP contribution in [0.25, 0.3) is 0 Å². The Kier molecular flexibility index (Phi) is 8.44. The minimum Gasteiger partial charge on any atom is -0.490 e. The van der Waals surface area contributed by atoms with Crippen molar-refractivity contribution in [2.75, 3.05) is 61.1 Å². The topological polar surface area (TPSA) is 89.1 Å². The van der Waals surface area contributed by atoms with E-state index < -0.39 is 0 Å². The molecular formula is C27H33N5O4. The predicted octanol–water partition coefficient (Wildman–Crippen LogP) is 4.25. The normalized spacial score (nSPS) is 13.3. The third-order valence-electron chi connectivity index (χ3n) is 5.79. The smallest absolute Gasteiger partial charge is 0.257 e. The summed E-state index contributed by atoms with van der Waals surface area (Å²) in [6, 6.07) is 15.5. The lowest BCUT2D eigenvalue weighted by molar-refractivity contribution is 0.102. The Hall–Kier alpha value is -4.01. The number of piperazine rings is 1. The van der Waals surface area contributed by atoms with Crippen molar-refractivity contribution in [2.45, 2.75) is 20.8 Å². The van der Waals surface area contributed by atoms with Crippen molar-refractivity contribution < 1.29 is 19.0 Å². The molecular weight excluding hydrogens is 458 g/mol. The van der Waals surface area contributed by atoms with Gasteiger partial charge in [-0.15, -0.1) is 0 Å². The Bertz CT molecular complexity index is 1120. The van der Waals surface area contributed by atoms with Gasteiger partial charge in [-0.05, 0) is 45.0 Å². The van der Waals surface area contributed by atoms with Crippen molar-refractivity contribution in [1.82, 2.24) is 9.97 Å². The van der Waals surface area contributed by atoms with Crippen molar-refractivity contribution >= 4 is 23.2 Å². The fourth-order valence-electron chi connectivity index (χ4n) is 4.13. The highest BCUT2D eigenvalue weighted by Crippen LogP contribution is 2.39. The van der Waals surface area contributed by atoms with Crippen LogP contribution in [-0.4, -0.2) is 61.9 Å². The van der Waals surface area contributed by atoms with Gasteiger partial charge >= 0.3 is 0 Å². The van der Waals surface area contributed by atoms with Gasteiger partial charge in [-0.1, -0.05) is 18.2 Å². The zero-order chi connectivity index (χ0) is 25.3. The molecule has 0 spiro atoms. The molecule has 36 heavy (non-hydrogen) atoms. The Morgan fingerprint density at radius 1 is 0.833 bits per heavy atom. The molecule has 0 radical (unpaired) electrons. The van der Waals surface area contributed by atoms with E-state index in [-0.39, 0.29) is 5.91 Å². The third kappa shape index (κ3) is 5.97. The predicted molar refractivity (Wildman–Crippen MR) is 141 cm³/mol. The van der Waals surface area contributed by atoms with Gasteiger partial charge in [-0.2, -0.15) is 0 Å². The van der Waals surface area contributed by atoms with E-state index in [1.165, 1.54) is 12.0 Å². The minimum absolute atomic E-state index is 0.321. The van der Waals surface area contributed by atoms with Crippen LogP contribution in [0.5, 0.6) is 17.2 Å². The number of nitrogens with zero attached hydrogens (tertiary/aromatic N) is 4. The fourth-order valence-corrected chi connectivity index (χ4v) is 4.13. The number of aromatic nitrogens is 2. The second-order valence-corrected chi connectivity index (χ2v) is 8.13. The van der Waals surface area contributed by atoms with Crippen LogP contribution in [0.4, 0.5) is 17.3 Å². The van der Waals surface area contributed by atoms with Crippen LogP contribution in [0.1, 0.15) is 31.1 Å². The van der Waals surface area contributed by atoms with Crippen LogP contribution in [0, 0.1) is 0 Å². The Morgan fingerprint density at radius 3 is 2.06 bits per heavy atom. The maximum Gasteiger partial charge on any atom is 0.257 e. The summed E-state index contributed by atoms with van der Waals surface area (Å²) >= 11 is 0. The number of rotatable bonds is 10. The molecule has 1 fully saturated rings. The third-order valence-corrected chi connectivity index (χ3v) is 5.79. The number of hydrogen-bond donors (Lipinski definition) is 1. The molecule has 1 aliphatic rings. The number of carbonyl (C=O) groups excluding carboxylic acids is 1. The molecule has 2 heterocycles. The molecule has 3 aromatic rings. The van der Waals surface area contributed by atoms with Crippen molar-refractivity contribution in [1.29, 1.82) is 0 Å². The first-order chi connectivity index (χ1) is 17.6. The van der Waals surface area contributed by atoms with E-state index in [1.807, 2.05) is 26.8 Å². The van der Waals surface area contributed by atoms with Gasteiger partial charge in [0.05, 0.1) is 19.8 Å². The highest BCUT2D eigenvalue weighted by molar-refractivity contribution is 6.04. The summed E-state index contributed by atoms with van der Waals surface area (Å²) in [5.74, 6) is 2.32. The largest absolute Gasteiger partial charge is 0.490 e. The van der Waals surface area contributed by atoms with Crippen LogP contribution < -0.4 is 29.3 Å². The zero-order valence-corrected chi connectivity index (χ0v) is 21.1. The number of amides is 1. The van der Waals surface area contributed by atoms with Gasteiger partial charge in [0.2, 0.25) is 5.75 Å². The van der Waals surface area contributed by atoms with E-state index in [2.05, 4.69) is 49.4 Å². The van der Waals surface area contributed by atoms with E-state index in [9.17, 15) is 4.79 Å². The monoisotopic (exact) mass is 491 g/mol. The summed E-state index contributed by atoms with van der Waals surface area (Å²) in [6.45, 7) is 10.4. The molecule has 0 unspecified atom stereocenters. The summed E-state index contributed by atoms with van der Waals surface area (Å²) in [6.07, 6.45) is 1.48. The SMILES string of the molecule is CCOc1cc(C(=O)Nc2cc(N3CCN(c4ccccc4)CC3)ncn2)cc(OCC)c1OCC. The summed E-state index contributed by atoms with van der Waals surface area (Å²) in [7, 11) is 0. The first kappa shape index (κ1) is 25.1. The number of nitrogens with one attached hydrogen (secondary N) is 1. The average Bonchev–Trinajstić information content (AvgIpc) is 2.91. The molecule has 1 aliphatic heterocycles. The molecule has 4 rings (SSSR count). The van der Waals surface area contributed by atoms with Gasteiger partial charge in [-0.25, -0.2) is 9.97 Å². The minimum atomic E-state index is -0.321. The summed E-state index contributed by atoms with van der Waals surface area (Å²) in [4.78, 5) is 26.4. The highest BCUT2D eigenvalue weighted by Gasteiger charge is 2.21. The number of para-hydroxylation sites is 1. The molecule has 0 saturated carbocycles. The highest BCUT2D eigenvalue weighted by atomic mass is 16.5. The molecule has 9 nitrogen and oxygen atoms in total. The van der Waals surface area contributed by atoms with Gasteiger partial charge in [0.1, 0.15) is 18.0 Å². The van der Waals surface area contributed by atoms with Crippen molar-refractivity contribution in [2.24, 2.45) is 0 Å². The van der Waals surface area contributed by atoms with Crippen molar-refractivity contribution in [3.63, 3.8) is 0 Å². The molecule has 190 valence electrons. The van der Waals surface area contributed by atoms with Gasteiger partial charge in [0.15, 0.2) is 11.5 Å². The summed E-state index contributed by atoms with van der Waals surface area (Å²) < 4.78 is 17.2. The van der Waals surface area contributed by atoms with E-state index in [0.29, 0.717) is 48.5 Å². The summed E-state index contributed by atoms with van der Waals surface area (Å²) in [5.41, 5.74) is 1.61. The number of anilines is 3. The van der Waals surface area contributed by atoms with Gasteiger partial charge < -0.3 is 29.3 Å². The molecule has 9 heteroatoms. The second kappa shape index (κ2) is 12.1. The molecule has 0 bridgehead atoms. The van der Waals surface area contributed by atoms with Crippen molar-refractivity contribution in [3.05, 3.63) is 60.4 Å². The molecule has 1 saturated heterocycles. The van der Waals surface area contributed by atoms with Crippen molar-refractivity contribution in [3.8, 4) is 17.2 Å². The maximum absolute atomic E-state index is 13.1. The molecule has 0 atom stereocenters. The maximum atomic E-state index is 13.1. The van der Waals surface area contributed by atoms with Gasteiger partial charge in [-0.3, -0.25) is 4.79 Å². The molecule has 1 amide bonds. The zero-order valence-electron chi connectivity index (χ0n) is 21.1. The van der Waals surface area contributed by atoms with Crippen LogP contribution >= 0.6 is 0 Å². The number of ether oxygens (including phenoxy) is 3. The number of benzene rings is 2.